The van der Waals surface area contributed by atoms with Crippen molar-refractivity contribution >= 4 is 5.91 Å². The fraction of sp³-hybridized carbons (Fsp3) is 0.458. The predicted molar refractivity (Wildman–Crippen MR) is 119 cm³/mol. The highest BCUT2D eigenvalue weighted by molar-refractivity contribution is 5.79. The van der Waals surface area contributed by atoms with Gasteiger partial charge in [-0.1, -0.05) is 30.3 Å². The third-order valence-electron chi connectivity index (χ3n) is 5.66. The molecule has 0 spiro atoms. The van der Waals surface area contributed by atoms with Gasteiger partial charge in [-0.2, -0.15) is 0 Å². The summed E-state index contributed by atoms with van der Waals surface area (Å²) >= 11 is 0. The maximum atomic E-state index is 12.4. The Hall–Kier alpha value is -2.57. The topological polar surface area (TPSA) is 54.0 Å². The Morgan fingerprint density at radius 2 is 1.90 bits per heavy atom. The highest BCUT2D eigenvalue weighted by Gasteiger charge is 2.25. The Balaban J connectivity index is 1.48. The number of rotatable bonds is 9. The van der Waals surface area contributed by atoms with Crippen LogP contribution < -0.4 is 14.8 Å². The molecule has 1 fully saturated rings. The molecule has 2 aromatic rings. The van der Waals surface area contributed by atoms with E-state index in [1.165, 1.54) is 5.56 Å². The van der Waals surface area contributed by atoms with Crippen LogP contribution in [-0.4, -0.2) is 69.7 Å². The van der Waals surface area contributed by atoms with Gasteiger partial charge in [0.05, 0.1) is 20.6 Å². The number of hydrogen-bond acceptors (Lipinski definition) is 5. The molecule has 1 aliphatic heterocycles. The van der Waals surface area contributed by atoms with E-state index in [4.69, 9.17) is 9.47 Å². The maximum Gasteiger partial charge on any atom is 0.224 e. The zero-order valence-electron chi connectivity index (χ0n) is 18.3. The zero-order chi connectivity index (χ0) is 21.3. The second kappa shape index (κ2) is 11.0. The Kier molecular flexibility index (Phi) is 8.11. The number of hydrogen-bond donors (Lipinski definition) is 1. The first-order valence-corrected chi connectivity index (χ1v) is 10.6. The Morgan fingerprint density at radius 3 is 2.63 bits per heavy atom. The van der Waals surface area contributed by atoms with E-state index in [2.05, 4.69) is 52.5 Å². The van der Waals surface area contributed by atoms with E-state index < -0.39 is 0 Å². The third kappa shape index (κ3) is 5.97. The summed E-state index contributed by atoms with van der Waals surface area (Å²) in [5.74, 6) is 1.43. The minimum atomic E-state index is -0.000426. The molecular weight excluding hydrogens is 378 g/mol. The van der Waals surface area contributed by atoms with E-state index in [0.29, 0.717) is 18.3 Å². The number of methoxy groups -OCH3 is 2. The highest BCUT2D eigenvalue weighted by atomic mass is 16.5. The maximum absolute atomic E-state index is 12.4. The number of piperazine rings is 1. The van der Waals surface area contributed by atoms with Gasteiger partial charge in [0.2, 0.25) is 5.91 Å². The molecule has 0 radical (unpaired) electrons. The number of carbonyl (C=O) groups excluding carboxylic acids is 1. The molecule has 1 unspecified atom stereocenters. The van der Waals surface area contributed by atoms with Crippen LogP contribution in [0.2, 0.25) is 0 Å². The lowest BCUT2D eigenvalue weighted by Crippen LogP contribution is -2.47. The molecule has 6 heteroatoms. The van der Waals surface area contributed by atoms with Gasteiger partial charge < -0.3 is 19.7 Å². The van der Waals surface area contributed by atoms with Crippen molar-refractivity contribution in [1.82, 2.24) is 15.1 Å². The average Bonchev–Trinajstić information content (AvgIpc) is 2.78. The fourth-order valence-corrected chi connectivity index (χ4v) is 3.98. The van der Waals surface area contributed by atoms with Crippen LogP contribution in [0.3, 0.4) is 0 Å². The summed E-state index contributed by atoms with van der Waals surface area (Å²) in [5.41, 5.74) is 2.19. The molecule has 0 aliphatic carbocycles. The second-order valence-corrected chi connectivity index (χ2v) is 7.78. The van der Waals surface area contributed by atoms with Gasteiger partial charge >= 0.3 is 0 Å². The molecule has 1 amide bonds. The molecule has 30 heavy (non-hydrogen) atoms. The van der Waals surface area contributed by atoms with E-state index >= 15 is 0 Å². The van der Waals surface area contributed by atoms with Gasteiger partial charge in [0.1, 0.15) is 11.5 Å². The number of benzene rings is 2. The van der Waals surface area contributed by atoms with Crippen molar-refractivity contribution < 1.29 is 14.3 Å². The van der Waals surface area contributed by atoms with Gasteiger partial charge in [0.25, 0.3) is 0 Å². The van der Waals surface area contributed by atoms with Crippen molar-refractivity contribution in [3.63, 3.8) is 0 Å². The van der Waals surface area contributed by atoms with E-state index in [1.54, 1.807) is 14.2 Å². The number of amides is 1. The molecule has 0 saturated carbocycles. The molecule has 162 valence electrons. The molecule has 1 atom stereocenters. The predicted octanol–water partition coefficient (Wildman–Crippen LogP) is 2.74. The summed E-state index contributed by atoms with van der Waals surface area (Å²) in [7, 11) is 5.41. The first kappa shape index (κ1) is 22.1. The molecule has 3 rings (SSSR count). The average molecular weight is 412 g/mol. The number of ether oxygens (including phenoxy) is 2. The minimum Gasteiger partial charge on any atom is -0.497 e. The standard InChI is InChI=1S/C24H33N3O3/c1-26-14-15-27(22(18-26)19-8-5-4-6-9-19)13-7-12-25-24(28)17-20-16-21(29-2)10-11-23(20)30-3/h4-6,8-11,16,22H,7,12-15,17-18H2,1-3H3,(H,25,28). The SMILES string of the molecule is COc1ccc(OC)c(CC(=O)NCCCN2CCN(C)CC2c2ccccc2)c1. The number of likely N-dealkylation sites (N-methyl/N-ethyl adjacent to an activating group) is 1. The molecule has 1 aliphatic rings. The Morgan fingerprint density at radius 1 is 1.10 bits per heavy atom. The van der Waals surface area contributed by atoms with Crippen molar-refractivity contribution in [3.8, 4) is 11.5 Å². The lowest BCUT2D eigenvalue weighted by atomic mass is 10.0. The van der Waals surface area contributed by atoms with Crippen molar-refractivity contribution in [3.05, 3.63) is 59.7 Å². The first-order chi connectivity index (χ1) is 14.6. The van der Waals surface area contributed by atoms with E-state index in [9.17, 15) is 4.79 Å². The molecule has 0 bridgehead atoms. The molecule has 2 aromatic carbocycles. The smallest absolute Gasteiger partial charge is 0.224 e. The monoisotopic (exact) mass is 411 g/mol. The van der Waals surface area contributed by atoms with Crippen molar-refractivity contribution in [2.45, 2.75) is 18.9 Å². The summed E-state index contributed by atoms with van der Waals surface area (Å²) in [6.45, 7) is 4.79. The Bertz CT molecular complexity index is 813. The minimum absolute atomic E-state index is 0.000426. The van der Waals surface area contributed by atoms with Crippen molar-refractivity contribution in [2.24, 2.45) is 0 Å². The molecule has 1 heterocycles. The van der Waals surface area contributed by atoms with Crippen molar-refractivity contribution in [2.75, 3.05) is 54.0 Å². The van der Waals surface area contributed by atoms with Crippen LogP contribution >= 0.6 is 0 Å². The van der Waals surface area contributed by atoms with Gasteiger partial charge in [0.15, 0.2) is 0 Å². The molecule has 0 aromatic heterocycles. The van der Waals surface area contributed by atoms with Gasteiger partial charge in [-0.25, -0.2) is 0 Å². The van der Waals surface area contributed by atoms with Gasteiger partial charge in [-0.05, 0) is 37.2 Å². The van der Waals surface area contributed by atoms with Crippen LogP contribution in [0.4, 0.5) is 0 Å². The highest BCUT2D eigenvalue weighted by Crippen LogP contribution is 2.25. The van der Waals surface area contributed by atoms with Crippen molar-refractivity contribution in [1.29, 1.82) is 0 Å². The summed E-state index contributed by atoms with van der Waals surface area (Å²) in [6.07, 6.45) is 1.20. The molecule has 1 N–H and O–H groups in total. The zero-order valence-corrected chi connectivity index (χ0v) is 18.3. The number of carbonyl (C=O) groups is 1. The number of nitrogens with zero attached hydrogens (tertiary/aromatic N) is 2. The summed E-state index contributed by atoms with van der Waals surface area (Å²) in [5, 5.41) is 3.05. The summed E-state index contributed by atoms with van der Waals surface area (Å²) < 4.78 is 10.6. The lowest BCUT2D eigenvalue weighted by Gasteiger charge is -2.40. The fourth-order valence-electron chi connectivity index (χ4n) is 3.98. The third-order valence-corrected chi connectivity index (χ3v) is 5.66. The summed E-state index contributed by atoms with van der Waals surface area (Å²) in [6, 6.07) is 16.6. The van der Waals surface area contributed by atoms with Crippen LogP contribution in [0.25, 0.3) is 0 Å². The Labute approximate surface area is 179 Å². The van der Waals surface area contributed by atoms with Gasteiger partial charge in [-0.3, -0.25) is 9.69 Å². The van der Waals surface area contributed by atoms with E-state index in [0.717, 1.165) is 43.9 Å². The van der Waals surface area contributed by atoms with Gasteiger partial charge in [-0.15, -0.1) is 0 Å². The van der Waals surface area contributed by atoms with E-state index in [1.807, 2.05) is 18.2 Å². The largest absolute Gasteiger partial charge is 0.497 e. The van der Waals surface area contributed by atoms with Gasteiger partial charge in [0, 0.05) is 44.3 Å². The molecule has 6 nitrogen and oxygen atoms in total. The quantitative estimate of drug-likeness (QED) is 0.643. The van der Waals surface area contributed by atoms with Crippen LogP contribution in [0, 0.1) is 0 Å². The lowest BCUT2D eigenvalue weighted by molar-refractivity contribution is -0.120. The van der Waals surface area contributed by atoms with Crippen LogP contribution in [0.5, 0.6) is 11.5 Å². The first-order valence-electron chi connectivity index (χ1n) is 10.6. The summed E-state index contributed by atoms with van der Waals surface area (Å²) in [4.78, 5) is 17.4. The molecular formula is C24H33N3O3. The van der Waals surface area contributed by atoms with Crippen LogP contribution in [-0.2, 0) is 11.2 Å². The van der Waals surface area contributed by atoms with Crippen LogP contribution in [0.1, 0.15) is 23.6 Å². The second-order valence-electron chi connectivity index (χ2n) is 7.78. The number of nitrogens with one attached hydrogen (secondary N) is 1. The normalized spacial score (nSPS) is 17.5. The van der Waals surface area contributed by atoms with E-state index in [-0.39, 0.29) is 12.3 Å². The molecule has 1 saturated heterocycles. The van der Waals surface area contributed by atoms with Crippen LogP contribution in [0.15, 0.2) is 48.5 Å².